The van der Waals surface area contributed by atoms with Gasteiger partial charge in [-0.1, -0.05) is 18.9 Å². The number of likely N-dealkylation sites (N-methyl/N-ethyl adjacent to an activating group) is 2. The zero-order valence-corrected chi connectivity index (χ0v) is 13.4. The molecule has 0 aromatic carbocycles. The summed E-state index contributed by atoms with van der Waals surface area (Å²) in [5, 5.41) is 0. The summed E-state index contributed by atoms with van der Waals surface area (Å²) in [6, 6.07) is 5.96. The third-order valence-corrected chi connectivity index (χ3v) is 4.57. The number of likely N-dealkylation sites (tertiary alicyclic amines) is 1. The zero-order valence-electron chi connectivity index (χ0n) is 13.4. The number of pyridine rings is 1. The van der Waals surface area contributed by atoms with Gasteiger partial charge in [0.15, 0.2) is 0 Å². The van der Waals surface area contributed by atoms with Crippen molar-refractivity contribution >= 4 is 11.6 Å². The second-order valence-electron chi connectivity index (χ2n) is 6.22. The third kappa shape index (κ3) is 2.99. The number of amides is 1. The van der Waals surface area contributed by atoms with Crippen LogP contribution in [-0.4, -0.2) is 51.8 Å². The standard InChI is InChI=1S/C17H24N4O/c1-19-10-6-3-4-8-15(19)17(22)20(2)13-14-12-18-16-9-5-7-11-21(14)16/h5,7,9,11-12,15H,3-4,6,8,10,13H2,1-2H3. The molecule has 1 fully saturated rings. The second kappa shape index (κ2) is 6.48. The summed E-state index contributed by atoms with van der Waals surface area (Å²) in [4.78, 5) is 21.2. The van der Waals surface area contributed by atoms with Crippen molar-refractivity contribution in [3.63, 3.8) is 0 Å². The van der Waals surface area contributed by atoms with Crippen molar-refractivity contribution in [3.8, 4) is 0 Å². The summed E-state index contributed by atoms with van der Waals surface area (Å²) >= 11 is 0. The highest BCUT2D eigenvalue weighted by atomic mass is 16.2. The molecule has 22 heavy (non-hydrogen) atoms. The molecule has 0 radical (unpaired) electrons. The molecule has 0 aliphatic carbocycles. The van der Waals surface area contributed by atoms with E-state index in [0.717, 1.165) is 30.7 Å². The number of hydrogen-bond acceptors (Lipinski definition) is 3. The lowest BCUT2D eigenvalue weighted by molar-refractivity contribution is -0.135. The Bertz CT molecular complexity index is 651. The molecule has 2 aromatic heterocycles. The summed E-state index contributed by atoms with van der Waals surface area (Å²) in [7, 11) is 3.96. The maximum atomic E-state index is 12.8. The maximum absolute atomic E-state index is 12.8. The van der Waals surface area contributed by atoms with Crippen molar-refractivity contribution < 1.29 is 4.79 Å². The van der Waals surface area contributed by atoms with Crippen molar-refractivity contribution in [1.29, 1.82) is 0 Å². The van der Waals surface area contributed by atoms with Gasteiger partial charge >= 0.3 is 0 Å². The minimum Gasteiger partial charge on any atom is -0.339 e. The van der Waals surface area contributed by atoms with Gasteiger partial charge in [-0.25, -0.2) is 4.98 Å². The molecule has 1 unspecified atom stereocenters. The number of imidazole rings is 1. The van der Waals surface area contributed by atoms with Crippen LogP contribution in [0.2, 0.25) is 0 Å². The van der Waals surface area contributed by atoms with Gasteiger partial charge in [-0.15, -0.1) is 0 Å². The van der Waals surface area contributed by atoms with Gasteiger partial charge < -0.3 is 9.30 Å². The maximum Gasteiger partial charge on any atom is 0.240 e. The second-order valence-corrected chi connectivity index (χ2v) is 6.22. The van der Waals surface area contributed by atoms with E-state index in [2.05, 4.69) is 16.9 Å². The van der Waals surface area contributed by atoms with Crippen LogP contribution in [0.1, 0.15) is 31.4 Å². The first kappa shape index (κ1) is 15.0. The molecule has 1 aliphatic heterocycles. The van der Waals surface area contributed by atoms with Gasteiger partial charge in [-0.3, -0.25) is 9.69 Å². The Hall–Kier alpha value is -1.88. The van der Waals surface area contributed by atoms with Crippen LogP contribution in [0.25, 0.3) is 5.65 Å². The van der Waals surface area contributed by atoms with Crippen LogP contribution < -0.4 is 0 Å². The first-order chi connectivity index (χ1) is 10.7. The highest BCUT2D eigenvalue weighted by molar-refractivity contribution is 5.81. The quantitative estimate of drug-likeness (QED) is 0.872. The minimum absolute atomic E-state index is 0.0201. The van der Waals surface area contributed by atoms with E-state index in [1.54, 1.807) is 0 Å². The van der Waals surface area contributed by atoms with Gasteiger partial charge in [0.05, 0.1) is 24.5 Å². The van der Waals surface area contributed by atoms with E-state index in [9.17, 15) is 4.79 Å². The molecule has 0 N–H and O–H groups in total. The third-order valence-electron chi connectivity index (χ3n) is 4.57. The summed E-state index contributed by atoms with van der Waals surface area (Å²) in [5.74, 6) is 0.218. The molecule has 2 aromatic rings. The molecule has 1 saturated heterocycles. The van der Waals surface area contributed by atoms with Crippen LogP contribution in [0, 0.1) is 0 Å². The summed E-state index contributed by atoms with van der Waals surface area (Å²) in [6.45, 7) is 1.61. The average molecular weight is 300 g/mol. The smallest absolute Gasteiger partial charge is 0.240 e. The summed E-state index contributed by atoms with van der Waals surface area (Å²) in [5.41, 5.74) is 1.97. The zero-order chi connectivity index (χ0) is 15.5. The number of rotatable bonds is 3. The van der Waals surface area contributed by atoms with E-state index >= 15 is 0 Å². The van der Waals surface area contributed by atoms with E-state index in [1.807, 2.05) is 46.9 Å². The molecule has 1 aliphatic rings. The van der Waals surface area contributed by atoms with E-state index in [-0.39, 0.29) is 11.9 Å². The van der Waals surface area contributed by atoms with Gasteiger partial charge in [0.25, 0.3) is 0 Å². The predicted octanol–water partition coefficient (Wildman–Crippen LogP) is 2.17. The Morgan fingerprint density at radius 1 is 1.36 bits per heavy atom. The molecule has 5 nitrogen and oxygen atoms in total. The predicted molar refractivity (Wildman–Crippen MR) is 86.6 cm³/mol. The Balaban J connectivity index is 1.73. The minimum atomic E-state index is 0.0201. The van der Waals surface area contributed by atoms with E-state index in [4.69, 9.17) is 0 Å². The topological polar surface area (TPSA) is 40.9 Å². The lowest BCUT2D eigenvalue weighted by Crippen LogP contribution is -2.45. The molecule has 0 saturated carbocycles. The molecule has 5 heteroatoms. The van der Waals surface area contributed by atoms with E-state index in [1.165, 1.54) is 12.8 Å². The van der Waals surface area contributed by atoms with Crippen molar-refractivity contribution in [3.05, 3.63) is 36.3 Å². The molecular formula is C17H24N4O. The number of nitrogens with zero attached hydrogens (tertiary/aromatic N) is 4. The molecule has 1 amide bonds. The monoisotopic (exact) mass is 300 g/mol. The average Bonchev–Trinajstić information content (AvgIpc) is 2.80. The van der Waals surface area contributed by atoms with Crippen LogP contribution in [0.4, 0.5) is 0 Å². The van der Waals surface area contributed by atoms with E-state index in [0.29, 0.717) is 6.54 Å². The lowest BCUT2D eigenvalue weighted by Gasteiger charge is -2.29. The van der Waals surface area contributed by atoms with Crippen molar-refractivity contribution in [2.24, 2.45) is 0 Å². The molecule has 118 valence electrons. The Morgan fingerprint density at radius 3 is 3.09 bits per heavy atom. The fourth-order valence-corrected chi connectivity index (χ4v) is 3.24. The fourth-order valence-electron chi connectivity index (χ4n) is 3.24. The number of fused-ring (bicyclic) bond motifs is 1. The molecule has 3 rings (SSSR count). The molecule has 0 spiro atoms. The van der Waals surface area contributed by atoms with Crippen molar-refractivity contribution in [2.75, 3.05) is 20.6 Å². The van der Waals surface area contributed by atoms with Gasteiger partial charge in [-0.2, -0.15) is 0 Å². The largest absolute Gasteiger partial charge is 0.339 e. The lowest BCUT2D eigenvalue weighted by atomic mass is 10.1. The number of carbonyl (C=O) groups excluding carboxylic acids is 1. The number of carbonyl (C=O) groups is 1. The van der Waals surface area contributed by atoms with Gasteiger partial charge in [0, 0.05) is 13.2 Å². The van der Waals surface area contributed by atoms with E-state index < -0.39 is 0 Å². The molecular weight excluding hydrogens is 276 g/mol. The van der Waals surface area contributed by atoms with Crippen molar-refractivity contribution in [2.45, 2.75) is 38.3 Å². The first-order valence-electron chi connectivity index (χ1n) is 8.03. The van der Waals surface area contributed by atoms with Crippen LogP contribution in [0.3, 0.4) is 0 Å². The molecule has 1 atom stereocenters. The Morgan fingerprint density at radius 2 is 2.23 bits per heavy atom. The normalized spacial score (nSPS) is 20.0. The van der Waals surface area contributed by atoms with Crippen LogP contribution in [-0.2, 0) is 11.3 Å². The van der Waals surface area contributed by atoms with Gasteiger partial charge in [0.1, 0.15) is 5.65 Å². The van der Waals surface area contributed by atoms with Crippen LogP contribution in [0.15, 0.2) is 30.6 Å². The summed E-state index contributed by atoms with van der Waals surface area (Å²) in [6.07, 6.45) is 8.38. The molecule has 0 bridgehead atoms. The van der Waals surface area contributed by atoms with Crippen LogP contribution in [0.5, 0.6) is 0 Å². The first-order valence-corrected chi connectivity index (χ1v) is 8.03. The van der Waals surface area contributed by atoms with Gasteiger partial charge in [0.2, 0.25) is 5.91 Å². The van der Waals surface area contributed by atoms with Crippen LogP contribution >= 0.6 is 0 Å². The SMILES string of the molecule is CN(Cc1cnc2ccccn12)C(=O)C1CCCCCN1C. The fraction of sp³-hybridized carbons (Fsp3) is 0.529. The number of aromatic nitrogens is 2. The summed E-state index contributed by atoms with van der Waals surface area (Å²) < 4.78 is 2.04. The Labute approximate surface area is 131 Å². The molecule has 3 heterocycles. The highest BCUT2D eigenvalue weighted by Crippen LogP contribution is 2.18. The number of hydrogen-bond donors (Lipinski definition) is 0. The Kier molecular flexibility index (Phi) is 4.43. The highest BCUT2D eigenvalue weighted by Gasteiger charge is 2.27. The van der Waals surface area contributed by atoms with Gasteiger partial charge in [-0.05, 0) is 38.6 Å². The van der Waals surface area contributed by atoms with Crippen molar-refractivity contribution in [1.82, 2.24) is 19.2 Å².